The maximum Gasteiger partial charge on any atom is 0.261 e. The van der Waals surface area contributed by atoms with Gasteiger partial charge < -0.3 is 4.89 Å². The molecule has 0 aromatic rings. The predicted octanol–water partition coefficient (Wildman–Crippen LogP) is 1.01. The monoisotopic (exact) mass is 185 g/mol. The van der Waals surface area contributed by atoms with Crippen LogP contribution in [-0.4, -0.2) is 10.6 Å². The van der Waals surface area contributed by atoms with E-state index in [-0.39, 0.29) is 0 Å². The van der Waals surface area contributed by atoms with E-state index >= 15 is 0 Å². The average molecular weight is 185 g/mol. The van der Waals surface area contributed by atoms with Gasteiger partial charge >= 0.3 is 0 Å². The molecule has 0 saturated heterocycles. The van der Waals surface area contributed by atoms with Crippen molar-refractivity contribution in [1.82, 2.24) is 0 Å². The molecule has 0 aliphatic carbocycles. The lowest BCUT2D eigenvalue weighted by Crippen LogP contribution is -1.92. The van der Waals surface area contributed by atoms with Gasteiger partial charge in [0.05, 0.1) is 0 Å². The molecule has 0 bridgehead atoms. The first-order valence-corrected chi connectivity index (χ1v) is 6.35. The highest BCUT2D eigenvalue weighted by atomic mass is 32.9. The third-order valence-corrected chi connectivity index (χ3v) is 4.36. The van der Waals surface area contributed by atoms with E-state index in [1.165, 1.54) is 0 Å². The molecule has 1 atom stereocenters. The van der Waals surface area contributed by atoms with Gasteiger partial charge in [0.15, 0.2) is 0 Å². The molecule has 0 aromatic heterocycles. The minimum Gasteiger partial charge on any atom is -0.337 e. The van der Waals surface area contributed by atoms with Crippen LogP contribution in [0.1, 0.15) is 0 Å². The van der Waals surface area contributed by atoms with Crippen LogP contribution < -0.4 is 5.90 Å². The summed E-state index contributed by atoms with van der Waals surface area (Å²) in [6.45, 7) is 3.44. The maximum atomic E-state index is 8.95. The molecule has 6 heteroatoms. The predicted molar refractivity (Wildman–Crippen MR) is 44.4 cm³/mol. The zero-order valence-electron chi connectivity index (χ0n) is 4.69. The molecule has 0 aromatic carbocycles. The van der Waals surface area contributed by atoms with Crippen LogP contribution in [0, 0.1) is 0 Å². The molecule has 0 aliphatic heterocycles. The molecular formula is C3H8NO2PS2. The van der Waals surface area contributed by atoms with Gasteiger partial charge in [0.1, 0.15) is 0 Å². The molecule has 3 N–H and O–H groups in total. The number of nitrogens with two attached hydrogens (primary N) is 1. The fourth-order valence-electron chi connectivity index (χ4n) is 0.177. The number of hydrogen-bond donors (Lipinski definition) is 2. The van der Waals surface area contributed by atoms with Crippen LogP contribution >= 0.6 is 17.1 Å². The second kappa shape index (κ2) is 4.44. The standard InChI is InChI=1S/C3H8NO2PS2/c1-2-3-9-7(5,8)6-4/h2H,1,3-4H2,(H,5,8). The summed E-state index contributed by atoms with van der Waals surface area (Å²) >= 11 is 5.64. The molecule has 1 unspecified atom stereocenters. The SMILES string of the molecule is C=CCSP(O)(=S)ON. The number of rotatable bonds is 4. The van der Waals surface area contributed by atoms with Crippen molar-refractivity contribution in [2.75, 3.05) is 5.75 Å². The highest BCUT2D eigenvalue weighted by molar-refractivity contribution is 8.67. The van der Waals surface area contributed by atoms with E-state index in [1.807, 2.05) is 0 Å². The second-order valence-electron chi connectivity index (χ2n) is 1.16. The summed E-state index contributed by atoms with van der Waals surface area (Å²) in [7, 11) is 0. The summed E-state index contributed by atoms with van der Waals surface area (Å²) in [5.41, 5.74) is -2.73. The van der Waals surface area contributed by atoms with Crippen molar-refractivity contribution in [3.8, 4) is 0 Å². The van der Waals surface area contributed by atoms with Crippen LogP contribution in [0.15, 0.2) is 12.7 Å². The molecule has 0 fully saturated rings. The van der Waals surface area contributed by atoms with Crippen molar-refractivity contribution in [3.05, 3.63) is 12.7 Å². The Morgan fingerprint density at radius 2 is 2.56 bits per heavy atom. The second-order valence-corrected chi connectivity index (χ2v) is 7.34. The lowest BCUT2D eigenvalue weighted by molar-refractivity contribution is 0.335. The van der Waals surface area contributed by atoms with E-state index in [1.54, 1.807) is 6.08 Å². The van der Waals surface area contributed by atoms with E-state index in [9.17, 15) is 0 Å². The molecule has 9 heavy (non-hydrogen) atoms. The topological polar surface area (TPSA) is 55.5 Å². The molecule has 0 saturated carbocycles. The Bertz CT molecular complexity index is 140. The molecule has 0 spiro atoms. The van der Waals surface area contributed by atoms with Gasteiger partial charge in [-0.3, -0.25) is 0 Å². The van der Waals surface area contributed by atoms with Crippen LogP contribution in [0.2, 0.25) is 0 Å². The Labute approximate surface area is 63.1 Å². The first kappa shape index (κ1) is 9.62. The molecule has 54 valence electrons. The largest absolute Gasteiger partial charge is 0.337 e. The van der Waals surface area contributed by atoms with E-state index in [0.717, 1.165) is 11.4 Å². The van der Waals surface area contributed by atoms with E-state index < -0.39 is 5.69 Å². The van der Waals surface area contributed by atoms with Gasteiger partial charge in [-0.15, -0.1) is 6.58 Å². The highest BCUT2D eigenvalue weighted by Gasteiger charge is 2.10. The van der Waals surface area contributed by atoms with Gasteiger partial charge in [0, 0.05) is 5.75 Å². The first-order chi connectivity index (χ1) is 4.12. The average Bonchev–Trinajstić information content (AvgIpc) is 1.84. The summed E-state index contributed by atoms with van der Waals surface area (Å²) < 4.78 is 4.14. The highest BCUT2D eigenvalue weighted by Crippen LogP contribution is 2.54. The number of hydrogen-bond acceptors (Lipinski definition) is 4. The van der Waals surface area contributed by atoms with E-state index in [2.05, 4.69) is 28.9 Å². The lowest BCUT2D eigenvalue weighted by Gasteiger charge is -2.07. The summed E-state index contributed by atoms with van der Waals surface area (Å²) in [4.78, 5) is 8.95. The van der Waals surface area contributed by atoms with Crippen LogP contribution in [0.3, 0.4) is 0 Å². The molecule has 0 heterocycles. The lowest BCUT2D eigenvalue weighted by atomic mass is 10.8. The van der Waals surface area contributed by atoms with Gasteiger partial charge in [-0.25, -0.2) is 10.5 Å². The Morgan fingerprint density at radius 3 is 2.89 bits per heavy atom. The molecule has 0 amide bonds. The van der Waals surface area contributed by atoms with Crippen LogP contribution in [-0.2, 0) is 16.4 Å². The molecule has 0 rings (SSSR count). The Kier molecular flexibility index (Phi) is 4.74. The Hall–Kier alpha value is 0.620. The van der Waals surface area contributed by atoms with Crippen LogP contribution in [0.4, 0.5) is 0 Å². The summed E-state index contributed by atoms with van der Waals surface area (Å²) in [5.74, 6) is 5.25. The zero-order chi connectivity index (χ0) is 7.33. The van der Waals surface area contributed by atoms with Crippen LogP contribution in [0.25, 0.3) is 0 Å². The minimum atomic E-state index is -2.73. The van der Waals surface area contributed by atoms with Crippen molar-refractivity contribution in [1.29, 1.82) is 0 Å². The molecule has 3 nitrogen and oxygen atoms in total. The fraction of sp³-hybridized carbons (Fsp3) is 0.333. The van der Waals surface area contributed by atoms with Crippen molar-refractivity contribution in [2.45, 2.75) is 0 Å². The smallest absolute Gasteiger partial charge is 0.261 e. The van der Waals surface area contributed by atoms with Gasteiger partial charge in [0.25, 0.3) is 5.69 Å². The van der Waals surface area contributed by atoms with E-state index in [0.29, 0.717) is 5.75 Å². The van der Waals surface area contributed by atoms with Crippen molar-refractivity contribution >= 4 is 28.9 Å². The molecule has 0 aliphatic rings. The zero-order valence-corrected chi connectivity index (χ0v) is 7.22. The summed E-state index contributed by atoms with van der Waals surface area (Å²) in [5, 5.41) is 0. The van der Waals surface area contributed by atoms with Gasteiger partial charge in [-0.1, -0.05) is 17.5 Å². The van der Waals surface area contributed by atoms with Crippen molar-refractivity contribution in [3.63, 3.8) is 0 Å². The van der Waals surface area contributed by atoms with Crippen LogP contribution in [0.5, 0.6) is 0 Å². The molecular weight excluding hydrogens is 177 g/mol. The molecule has 0 radical (unpaired) electrons. The van der Waals surface area contributed by atoms with Gasteiger partial charge in [0.2, 0.25) is 0 Å². The Balaban J connectivity index is 3.58. The van der Waals surface area contributed by atoms with Crippen molar-refractivity contribution in [2.24, 2.45) is 5.90 Å². The first-order valence-electron chi connectivity index (χ1n) is 2.09. The third-order valence-electron chi connectivity index (χ3n) is 0.489. The third kappa shape index (κ3) is 5.08. The Morgan fingerprint density at radius 1 is 2.00 bits per heavy atom. The van der Waals surface area contributed by atoms with E-state index in [4.69, 9.17) is 4.89 Å². The normalized spacial score (nSPS) is 16.7. The maximum absolute atomic E-state index is 8.95. The summed E-state index contributed by atoms with van der Waals surface area (Å²) in [6.07, 6.45) is 1.63. The summed E-state index contributed by atoms with van der Waals surface area (Å²) in [6, 6.07) is 0. The quantitative estimate of drug-likeness (QED) is 0.389. The fourth-order valence-corrected chi connectivity index (χ4v) is 2.14. The van der Waals surface area contributed by atoms with Gasteiger partial charge in [-0.2, -0.15) is 0 Å². The van der Waals surface area contributed by atoms with Crippen molar-refractivity contribution < 1.29 is 9.52 Å². The minimum absolute atomic E-state index is 0.560. The van der Waals surface area contributed by atoms with Gasteiger partial charge in [-0.05, 0) is 11.8 Å².